The first-order valence-corrected chi connectivity index (χ1v) is 6.01. The second-order valence-corrected chi connectivity index (χ2v) is 4.14. The van der Waals surface area contributed by atoms with E-state index in [-0.39, 0.29) is 0 Å². The number of pyridine rings is 2. The summed E-state index contributed by atoms with van der Waals surface area (Å²) in [7, 11) is 0. The molecule has 3 rings (SSSR count). The van der Waals surface area contributed by atoms with Crippen molar-refractivity contribution >= 4 is 11.0 Å². The normalized spacial score (nSPS) is 16.3. The molecule has 0 unspecified atom stereocenters. The van der Waals surface area contributed by atoms with Crippen molar-refractivity contribution in [2.24, 2.45) is 5.84 Å². The van der Waals surface area contributed by atoms with E-state index in [4.69, 9.17) is 5.84 Å². The van der Waals surface area contributed by atoms with Crippen molar-refractivity contribution < 1.29 is 0 Å². The molecule has 0 atom stereocenters. The number of hydrogen-bond acceptors (Lipinski definition) is 4. The van der Waals surface area contributed by atoms with Crippen LogP contribution in [0.1, 0.15) is 19.3 Å². The summed E-state index contributed by atoms with van der Waals surface area (Å²) in [5.74, 6) is 5.47. The maximum Gasteiger partial charge on any atom is 0.0886 e. The van der Waals surface area contributed by atoms with Gasteiger partial charge in [0, 0.05) is 25.5 Å². The maximum absolute atomic E-state index is 5.47. The van der Waals surface area contributed by atoms with E-state index in [0.29, 0.717) is 0 Å². The van der Waals surface area contributed by atoms with Gasteiger partial charge in [-0.25, -0.2) is 5.01 Å². The SMILES string of the molecule is NN1CCCCC1.c1cnc2cccnc2c1. The highest BCUT2D eigenvalue weighted by molar-refractivity contribution is 5.72. The molecule has 4 heteroatoms. The van der Waals surface area contributed by atoms with Crippen LogP contribution < -0.4 is 5.84 Å². The Bertz CT molecular complexity index is 386. The Balaban J connectivity index is 0.000000136. The van der Waals surface area contributed by atoms with E-state index in [1.165, 1.54) is 19.3 Å². The average Bonchev–Trinajstić information content (AvgIpc) is 2.41. The molecule has 0 amide bonds. The highest BCUT2D eigenvalue weighted by Crippen LogP contribution is 2.04. The van der Waals surface area contributed by atoms with Crippen LogP contribution in [0.25, 0.3) is 11.0 Å². The summed E-state index contributed by atoms with van der Waals surface area (Å²) in [6, 6.07) is 7.66. The van der Waals surface area contributed by atoms with Crippen molar-refractivity contribution in [1.82, 2.24) is 15.0 Å². The smallest absolute Gasteiger partial charge is 0.0886 e. The highest BCUT2D eigenvalue weighted by atomic mass is 15.4. The van der Waals surface area contributed by atoms with Gasteiger partial charge in [0.15, 0.2) is 0 Å². The maximum atomic E-state index is 5.47. The van der Waals surface area contributed by atoms with Gasteiger partial charge in [-0.2, -0.15) is 0 Å². The Morgan fingerprint density at radius 3 is 1.82 bits per heavy atom. The molecule has 0 bridgehead atoms. The molecule has 2 N–H and O–H groups in total. The molecular formula is C13H18N4. The fraction of sp³-hybridized carbons (Fsp3) is 0.385. The van der Waals surface area contributed by atoms with Gasteiger partial charge in [0.25, 0.3) is 0 Å². The number of nitrogens with two attached hydrogens (primary N) is 1. The summed E-state index contributed by atoms with van der Waals surface area (Å²) < 4.78 is 0. The van der Waals surface area contributed by atoms with E-state index in [2.05, 4.69) is 9.97 Å². The predicted molar refractivity (Wildman–Crippen MR) is 69.1 cm³/mol. The van der Waals surface area contributed by atoms with Gasteiger partial charge in [-0.3, -0.25) is 15.8 Å². The monoisotopic (exact) mass is 230 g/mol. The largest absolute Gasteiger partial charge is 0.269 e. The third-order valence-electron chi connectivity index (χ3n) is 2.76. The summed E-state index contributed by atoms with van der Waals surface area (Å²) in [6.07, 6.45) is 7.48. The van der Waals surface area contributed by atoms with Crippen LogP contribution in [0, 0.1) is 0 Å². The quantitative estimate of drug-likeness (QED) is 0.703. The summed E-state index contributed by atoms with van der Waals surface area (Å²) in [4.78, 5) is 8.24. The molecular weight excluding hydrogens is 212 g/mol. The van der Waals surface area contributed by atoms with Crippen molar-refractivity contribution in [2.45, 2.75) is 19.3 Å². The van der Waals surface area contributed by atoms with E-state index < -0.39 is 0 Å². The van der Waals surface area contributed by atoms with Gasteiger partial charge in [-0.15, -0.1) is 0 Å². The number of piperidine rings is 1. The molecule has 0 aromatic carbocycles. The van der Waals surface area contributed by atoms with E-state index in [1.54, 1.807) is 12.4 Å². The van der Waals surface area contributed by atoms with Crippen LogP contribution in [0.3, 0.4) is 0 Å². The van der Waals surface area contributed by atoms with Crippen LogP contribution >= 0.6 is 0 Å². The molecule has 17 heavy (non-hydrogen) atoms. The molecule has 0 spiro atoms. The lowest BCUT2D eigenvalue weighted by atomic mass is 10.2. The van der Waals surface area contributed by atoms with E-state index >= 15 is 0 Å². The molecule has 1 saturated heterocycles. The Kier molecular flexibility index (Phi) is 4.41. The molecule has 3 heterocycles. The van der Waals surface area contributed by atoms with Gasteiger partial charge in [-0.05, 0) is 37.1 Å². The first-order valence-electron chi connectivity index (χ1n) is 6.01. The van der Waals surface area contributed by atoms with Gasteiger partial charge >= 0.3 is 0 Å². The molecule has 90 valence electrons. The summed E-state index contributed by atoms with van der Waals surface area (Å²) in [5, 5.41) is 1.89. The van der Waals surface area contributed by atoms with Crippen molar-refractivity contribution in [1.29, 1.82) is 0 Å². The second-order valence-electron chi connectivity index (χ2n) is 4.14. The van der Waals surface area contributed by atoms with Crippen molar-refractivity contribution in [3.8, 4) is 0 Å². The highest BCUT2D eigenvalue weighted by Gasteiger charge is 2.02. The molecule has 1 fully saturated rings. The van der Waals surface area contributed by atoms with E-state index in [9.17, 15) is 0 Å². The topological polar surface area (TPSA) is 55.0 Å². The van der Waals surface area contributed by atoms with Crippen LogP contribution in [-0.4, -0.2) is 28.1 Å². The first-order chi connectivity index (χ1) is 8.36. The minimum absolute atomic E-state index is 0.949. The average molecular weight is 230 g/mol. The fourth-order valence-electron chi connectivity index (χ4n) is 1.82. The van der Waals surface area contributed by atoms with Gasteiger partial charge < -0.3 is 0 Å². The summed E-state index contributed by atoms with van der Waals surface area (Å²) in [5.41, 5.74) is 1.90. The Morgan fingerprint density at radius 1 is 0.882 bits per heavy atom. The van der Waals surface area contributed by atoms with E-state index in [0.717, 1.165) is 24.1 Å². The first kappa shape index (κ1) is 12.0. The molecule has 2 aromatic heterocycles. The number of nitrogens with zero attached hydrogens (tertiary/aromatic N) is 3. The van der Waals surface area contributed by atoms with Crippen LogP contribution in [0.15, 0.2) is 36.7 Å². The number of hydrogen-bond donors (Lipinski definition) is 1. The molecule has 2 aromatic rings. The lowest BCUT2D eigenvalue weighted by Gasteiger charge is -2.20. The van der Waals surface area contributed by atoms with Crippen LogP contribution in [-0.2, 0) is 0 Å². The van der Waals surface area contributed by atoms with Crippen molar-refractivity contribution in [3.05, 3.63) is 36.7 Å². The Morgan fingerprint density at radius 2 is 1.41 bits per heavy atom. The zero-order chi connectivity index (χ0) is 11.9. The summed E-state index contributed by atoms with van der Waals surface area (Å²) >= 11 is 0. The van der Waals surface area contributed by atoms with Crippen molar-refractivity contribution in [3.63, 3.8) is 0 Å². The van der Waals surface area contributed by atoms with Crippen LogP contribution in [0.2, 0.25) is 0 Å². The molecule has 0 saturated carbocycles. The summed E-state index contributed by atoms with van der Waals surface area (Å²) in [6.45, 7) is 2.19. The fourth-order valence-corrected chi connectivity index (χ4v) is 1.82. The van der Waals surface area contributed by atoms with E-state index in [1.807, 2.05) is 29.3 Å². The molecule has 4 nitrogen and oxygen atoms in total. The number of fused-ring (bicyclic) bond motifs is 1. The second kappa shape index (κ2) is 6.27. The molecule has 0 aliphatic carbocycles. The van der Waals surface area contributed by atoms with Gasteiger partial charge in [0.05, 0.1) is 11.0 Å². The lowest BCUT2D eigenvalue weighted by molar-refractivity contribution is 0.235. The van der Waals surface area contributed by atoms with Gasteiger partial charge in [-0.1, -0.05) is 6.42 Å². The Labute approximate surface area is 101 Å². The zero-order valence-corrected chi connectivity index (χ0v) is 9.92. The number of aromatic nitrogens is 2. The predicted octanol–water partition coefficient (Wildman–Crippen LogP) is 1.98. The minimum atomic E-state index is 0.949. The number of hydrazine groups is 1. The van der Waals surface area contributed by atoms with Crippen molar-refractivity contribution in [2.75, 3.05) is 13.1 Å². The Hall–Kier alpha value is -1.52. The molecule has 1 aliphatic rings. The van der Waals surface area contributed by atoms with Crippen LogP contribution in [0.5, 0.6) is 0 Å². The van der Waals surface area contributed by atoms with Gasteiger partial charge in [0.1, 0.15) is 0 Å². The lowest BCUT2D eigenvalue weighted by Crippen LogP contribution is -2.35. The minimum Gasteiger partial charge on any atom is -0.269 e. The molecule has 0 radical (unpaired) electrons. The molecule has 1 aliphatic heterocycles. The third-order valence-corrected chi connectivity index (χ3v) is 2.76. The van der Waals surface area contributed by atoms with Crippen LogP contribution in [0.4, 0.5) is 0 Å². The number of rotatable bonds is 0. The van der Waals surface area contributed by atoms with Gasteiger partial charge in [0.2, 0.25) is 0 Å². The third kappa shape index (κ3) is 3.76. The standard InChI is InChI=1S/C8H6N2.C5H12N2/c1-3-7-8(9-5-1)4-2-6-10-7;6-7-4-2-1-3-5-7/h1-6H;1-6H2. The zero-order valence-electron chi connectivity index (χ0n) is 9.92.